The van der Waals surface area contributed by atoms with Crippen LogP contribution in [0.3, 0.4) is 0 Å². The van der Waals surface area contributed by atoms with E-state index in [1.165, 1.54) is 30.4 Å². The predicted molar refractivity (Wildman–Crippen MR) is 154 cm³/mol. The molecule has 1 N–H and O–H groups in total. The molecule has 0 aromatic heterocycles. The highest BCUT2D eigenvalue weighted by molar-refractivity contribution is 7.99. The first-order valence-electron chi connectivity index (χ1n) is 13.6. The molecule has 0 atom stereocenters. The number of piperazine rings is 1. The number of nitrogens with zero attached hydrogens (tertiary/aromatic N) is 2. The van der Waals surface area contributed by atoms with E-state index in [4.69, 9.17) is 0 Å². The molecule has 0 unspecified atom stereocenters. The molecular weight excluding hydrogens is 469 g/mol. The highest BCUT2D eigenvalue weighted by Gasteiger charge is 2.17. The topological polar surface area (TPSA) is 35.6 Å². The van der Waals surface area contributed by atoms with Crippen molar-refractivity contribution < 1.29 is 9.18 Å². The molecule has 1 aliphatic heterocycles. The number of halogens is 1. The highest BCUT2D eigenvalue weighted by Crippen LogP contribution is 2.32. The Labute approximate surface area is 222 Å². The lowest BCUT2D eigenvalue weighted by atomic mass is 9.92. The summed E-state index contributed by atoms with van der Waals surface area (Å²) in [6.07, 6.45) is 4.85. The molecule has 0 saturated carbocycles. The molecule has 3 rings (SSSR count). The van der Waals surface area contributed by atoms with E-state index in [9.17, 15) is 9.18 Å². The van der Waals surface area contributed by atoms with E-state index < -0.39 is 0 Å². The molecule has 0 spiro atoms. The Kier molecular flexibility index (Phi) is 11.6. The fourth-order valence-electron chi connectivity index (χ4n) is 4.81. The molecule has 2 aromatic rings. The van der Waals surface area contributed by atoms with Crippen LogP contribution in [0.5, 0.6) is 0 Å². The number of benzene rings is 2. The number of carbonyl (C=O) groups is 1. The Bertz CT molecular complexity index is 913. The molecule has 198 valence electrons. The van der Waals surface area contributed by atoms with E-state index in [0.29, 0.717) is 17.6 Å². The van der Waals surface area contributed by atoms with Crippen molar-refractivity contribution in [1.29, 1.82) is 0 Å². The summed E-state index contributed by atoms with van der Waals surface area (Å²) in [5.41, 5.74) is 4.58. The Balaban J connectivity index is 1.25. The summed E-state index contributed by atoms with van der Waals surface area (Å²) in [5, 5.41) is 3.22. The van der Waals surface area contributed by atoms with E-state index in [1.807, 2.05) is 12.1 Å². The van der Waals surface area contributed by atoms with Gasteiger partial charge in [-0.15, -0.1) is 0 Å². The van der Waals surface area contributed by atoms with Gasteiger partial charge in [-0.2, -0.15) is 11.8 Å². The second-order valence-electron chi connectivity index (χ2n) is 10.4. The minimum Gasteiger partial charge on any atom is -0.369 e. The van der Waals surface area contributed by atoms with E-state index in [0.717, 1.165) is 56.3 Å². The van der Waals surface area contributed by atoms with E-state index in [-0.39, 0.29) is 11.7 Å². The smallest absolute Gasteiger partial charge is 0.234 e. The lowest BCUT2D eigenvalue weighted by Gasteiger charge is -2.36. The monoisotopic (exact) mass is 513 g/mol. The zero-order valence-corrected chi connectivity index (χ0v) is 23.4. The number of unbranched alkanes of at least 4 members (excludes halogenated alkanes) is 3. The molecule has 36 heavy (non-hydrogen) atoms. The fourth-order valence-corrected chi connectivity index (χ4v) is 5.62. The van der Waals surface area contributed by atoms with Crippen LogP contribution in [0.25, 0.3) is 0 Å². The molecule has 1 heterocycles. The van der Waals surface area contributed by atoms with E-state index >= 15 is 0 Å². The SMILES string of the molecule is CC(C)c1cccc(C(C)C)c1NC(=O)CSCCCCCCN1CCN(c2ccc(F)cc2)CC1. The number of nitrogens with one attached hydrogen (secondary N) is 1. The van der Waals surface area contributed by atoms with Gasteiger partial charge in [0.05, 0.1) is 5.75 Å². The highest BCUT2D eigenvalue weighted by atomic mass is 32.2. The number of hydrogen-bond acceptors (Lipinski definition) is 4. The Hall–Kier alpha value is -2.05. The van der Waals surface area contributed by atoms with Crippen LogP contribution < -0.4 is 10.2 Å². The Morgan fingerprint density at radius 3 is 2.11 bits per heavy atom. The van der Waals surface area contributed by atoms with Crippen LogP contribution in [0.2, 0.25) is 0 Å². The average molecular weight is 514 g/mol. The third-order valence-corrected chi connectivity index (χ3v) is 7.99. The molecule has 0 aliphatic carbocycles. The third kappa shape index (κ3) is 8.81. The standard InChI is InChI=1S/C30H44FN3OS/c1-23(2)27-10-9-11-28(24(3)4)30(27)32-29(35)22-36-21-8-6-5-7-16-33-17-19-34(20-18-33)26-14-12-25(31)13-15-26/h9-15,23-24H,5-8,16-22H2,1-4H3,(H,32,35). The molecule has 1 amide bonds. The first-order valence-corrected chi connectivity index (χ1v) is 14.7. The van der Waals surface area contributed by atoms with Crippen molar-refractivity contribution in [2.24, 2.45) is 0 Å². The molecule has 0 radical (unpaired) electrons. The zero-order valence-electron chi connectivity index (χ0n) is 22.6. The van der Waals surface area contributed by atoms with Gasteiger partial charge < -0.3 is 10.2 Å². The molecule has 2 aromatic carbocycles. The first-order chi connectivity index (χ1) is 17.3. The summed E-state index contributed by atoms with van der Waals surface area (Å²) in [7, 11) is 0. The average Bonchev–Trinajstić information content (AvgIpc) is 2.86. The summed E-state index contributed by atoms with van der Waals surface area (Å²) in [6, 6.07) is 13.2. The van der Waals surface area contributed by atoms with Crippen molar-refractivity contribution in [3.63, 3.8) is 0 Å². The maximum atomic E-state index is 13.1. The Morgan fingerprint density at radius 1 is 0.889 bits per heavy atom. The van der Waals surface area contributed by atoms with E-state index in [1.54, 1.807) is 23.9 Å². The van der Waals surface area contributed by atoms with Gasteiger partial charge >= 0.3 is 0 Å². The number of hydrogen-bond donors (Lipinski definition) is 1. The van der Waals surface area contributed by atoms with Gasteiger partial charge in [-0.25, -0.2) is 4.39 Å². The van der Waals surface area contributed by atoms with Crippen LogP contribution >= 0.6 is 11.8 Å². The molecule has 1 saturated heterocycles. The van der Waals surface area contributed by atoms with Gasteiger partial charge in [0.2, 0.25) is 5.91 Å². The van der Waals surface area contributed by atoms with Crippen molar-refractivity contribution in [2.75, 3.05) is 54.4 Å². The number of anilines is 2. The van der Waals surface area contributed by atoms with Gasteiger partial charge in [-0.1, -0.05) is 58.7 Å². The van der Waals surface area contributed by atoms with Gasteiger partial charge in [-0.05, 0) is 72.4 Å². The van der Waals surface area contributed by atoms with Crippen molar-refractivity contribution >= 4 is 29.0 Å². The summed E-state index contributed by atoms with van der Waals surface area (Å²) in [6.45, 7) is 14.0. The van der Waals surface area contributed by atoms with Crippen molar-refractivity contribution in [3.8, 4) is 0 Å². The van der Waals surface area contributed by atoms with Crippen LogP contribution in [0, 0.1) is 5.82 Å². The quantitative estimate of drug-likeness (QED) is 0.289. The van der Waals surface area contributed by atoms with Gasteiger partial charge in [0.25, 0.3) is 0 Å². The second-order valence-corrected chi connectivity index (χ2v) is 11.5. The minimum atomic E-state index is -0.174. The van der Waals surface area contributed by atoms with E-state index in [2.05, 4.69) is 61.0 Å². The molecule has 4 nitrogen and oxygen atoms in total. The lowest BCUT2D eigenvalue weighted by Crippen LogP contribution is -2.46. The largest absolute Gasteiger partial charge is 0.369 e. The summed E-state index contributed by atoms with van der Waals surface area (Å²) < 4.78 is 13.1. The first kappa shape index (κ1) is 28.5. The van der Waals surface area contributed by atoms with Crippen LogP contribution in [-0.4, -0.2) is 55.0 Å². The zero-order chi connectivity index (χ0) is 25.9. The Morgan fingerprint density at radius 2 is 1.50 bits per heavy atom. The maximum Gasteiger partial charge on any atom is 0.234 e. The number of thioether (sulfide) groups is 1. The summed E-state index contributed by atoms with van der Waals surface area (Å²) >= 11 is 1.74. The minimum absolute atomic E-state index is 0.106. The normalized spacial score (nSPS) is 14.6. The predicted octanol–water partition coefficient (Wildman–Crippen LogP) is 7.13. The third-order valence-electron chi connectivity index (χ3n) is 6.95. The van der Waals surface area contributed by atoms with Gasteiger partial charge in [0, 0.05) is 37.6 Å². The molecule has 0 bridgehead atoms. The van der Waals surface area contributed by atoms with Gasteiger partial charge in [-0.3, -0.25) is 9.69 Å². The molecule has 6 heteroatoms. The lowest BCUT2D eigenvalue weighted by molar-refractivity contribution is -0.113. The molecule has 1 fully saturated rings. The number of para-hydroxylation sites is 1. The fraction of sp³-hybridized carbons (Fsp3) is 0.567. The van der Waals surface area contributed by atoms with Crippen molar-refractivity contribution in [3.05, 3.63) is 59.4 Å². The van der Waals surface area contributed by atoms with Gasteiger partial charge in [0.15, 0.2) is 0 Å². The van der Waals surface area contributed by atoms with Crippen LogP contribution in [0.1, 0.15) is 76.3 Å². The maximum absolute atomic E-state index is 13.1. The summed E-state index contributed by atoms with van der Waals surface area (Å²) in [4.78, 5) is 17.5. The number of carbonyl (C=O) groups excluding carboxylic acids is 1. The van der Waals surface area contributed by atoms with Crippen LogP contribution in [-0.2, 0) is 4.79 Å². The second kappa shape index (κ2) is 14.6. The molecule has 1 aliphatic rings. The number of rotatable bonds is 13. The van der Waals surface area contributed by atoms with Crippen LogP contribution in [0.4, 0.5) is 15.8 Å². The van der Waals surface area contributed by atoms with Gasteiger partial charge in [0.1, 0.15) is 5.82 Å². The van der Waals surface area contributed by atoms with Crippen molar-refractivity contribution in [2.45, 2.75) is 65.2 Å². The summed E-state index contributed by atoms with van der Waals surface area (Å²) in [5.74, 6) is 2.24. The number of amides is 1. The van der Waals surface area contributed by atoms with Crippen LogP contribution in [0.15, 0.2) is 42.5 Å². The van der Waals surface area contributed by atoms with Crippen molar-refractivity contribution in [1.82, 2.24) is 4.90 Å². The molecular formula is C30H44FN3OS.